The lowest BCUT2D eigenvalue weighted by Gasteiger charge is -2.14. The molecule has 0 saturated heterocycles. The molecule has 31 heavy (non-hydrogen) atoms. The molecule has 14 heteroatoms. The van der Waals surface area contributed by atoms with Crippen molar-refractivity contribution in [2.75, 3.05) is 5.43 Å². The van der Waals surface area contributed by atoms with Gasteiger partial charge in [0.05, 0.1) is 21.2 Å². The molecule has 3 heterocycles. The number of carbonyl (C=O) groups excluding carboxylic acids is 1. The third-order valence-electron chi connectivity index (χ3n) is 3.84. The van der Waals surface area contributed by atoms with Gasteiger partial charge in [-0.15, -0.1) is 0 Å². The molecule has 0 bridgehead atoms. The number of aromatic nitrogens is 3. The minimum absolute atomic E-state index is 0.140. The molecule has 6 nitrogen and oxygen atoms in total. The van der Waals surface area contributed by atoms with Gasteiger partial charge in [-0.25, -0.2) is 9.97 Å². The Morgan fingerprint density at radius 1 is 0.968 bits per heavy atom. The molecule has 0 unspecified atom stereocenters. The molecule has 0 saturated carbocycles. The maximum atomic E-state index is 13.1. The Balaban J connectivity index is 1.81. The van der Waals surface area contributed by atoms with Gasteiger partial charge in [0.2, 0.25) is 0 Å². The highest BCUT2D eigenvalue weighted by molar-refractivity contribution is 6.33. The lowest BCUT2D eigenvalue weighted by molar-refractivity contribution is -0.138. The average molecular weight is 484 g/mol. The first kappa shape index (κ1) is 22.7. The van der Waals surface area contributed by atoms with E-state index in [4.69, 9.17) is 23.2 Å². The highest BCUT2D eigenvalue weighted by Crippen LogP contribution is 2.35. The number of pyridine rings is 2. The van der Waals surface area contributed by atoms with E-state index in [1.165, 1.54) is 18.3 Å². The van der Waals surface area contributed by atoms with Crippen LogP contribution >= 0.6 is 23.2 Å². The molecule has 3 aromatic rings. The van der Waals surface area contributed by atoms with Crippen LogP contribution in [0.2, 0.25) is 10.0 Å². The Hall–Kier alpha value is -2.99. The smallest absolute Gasteiger partial charge is 0.297 e. The first-order valence-electron chi connectivity index (χ1n) is 8.07. The predicted molar refractivity (Wildman–Crippen MR) is 98.9 cm³/mol. The van der Waals surface area contributed by atoms with Crippen molar-refractivity contribution in [3.63, 3.8) is 0 Å². The second-order valence-electron chi connectivity index (χ2n) is 5.91. The first-order valence-corrected chi connectivity index (χ1v) is 8.83. The number of halogens is 8. The number of amides is 1. The summed E-state index contributed by atoms with van der Waals surface area (Å²) in [7, 11) is 0. The lowest BCUT2D eigenvalue weighted by Crippen LogP contribution is -2.31. The molecule has 2 N–H and O–H groups in total. The SMILES string of the molecule is O=C(NNc1ncc(C(F)(F)F)cc1Cl)c1cccn1-c1cc(C(F)(F)F)c(Cl)cn1. The molecule has 1 amide bonds. The van der Waals surface area contributed by atoms with E-state index in [1.54, 1.807) is 0 Å². The number of hydrogen-bond donors (Lipinski definition) is 2. The maximum absolute atomic E-state index is 13.1. The fraction of sp³-hybridized carbons (Fsp3) is 0.118. The highest BCUT2D eigenvalue weighted by atomic mass is 35.5. The Labute approximate surface area is 179 Å². The van der Waals surface area contributed by atoms with Gasteiger partial charge in [-0.05, 0) is 24.3 Å². The van der Waals surface area contributed by atoms with E-state index >= 15 is 0 Å². The summed E-state index contributed by atoms with van der Waals surface area (Å²) in [5, 5.41) is -1.03. The largest absolute Gasteiger partial charge is 0.418 e. The third kappa shape index (κ3) is 5.02. The lowest BCUT2D eigenvalue weighted by atomic mass is 10.2. The summed E-state index contributed by atoms with van der Waals surface area (Å²) >= 11 is 11.3. The van der Waals surface area contributed by atoms with Crippen LogP contribution in [0.15, 0.2) is 42.9 Å². The molecule has 3 rings (SSSR count). The predicted octanol–water partition coefficient (Wildman–Crippen LogP) is 5.37. The van der Waals surface area contributed by atoms with E-state index in [0.717, 1.165) is 10.8 Å². The zero-order valence-electron chi connectivity index (χ0n) is 14.8. The van der Waals surface area contributed by atoms with Crippen molar-refractivity contribution in [3.8, 4) is 5.82 Å². The van der Waals surface area contributed by atoms with E-state index in [2.05, 4.69) is 20.8 Å². The van der Waals surface area contributed by atoms with Crippen LogP contribution in [0.5, 0.6) is 0 Å². The molecule has 0 aliphatic carbocycles. The Kier molecular flexibility index (Phi) is 6.05. The molecular weight excluding hydrogens is 475 g/mol. The maximum Gasteiger partial charge on any atom is 0.418 e. The number of nitrogens with zero attached hydrogens (tertiary/aromatic N) is 3. The Morgan fingerprint density at radius 2 is 1.68 bits per heavy atom. The van der Waals surface area contributed by atoms with Gasteiger partial charge >= 0.3 is 12.4 Å². The van der Waals surface area contributed by atoms with Crippen molar-refractivity contribution < 1.29 is 31.1 Å². The van der Waals surface area contributed by atoms with E-state index in [-0.39, 0.29) is 17.3 Å². The second-order valence-corrected chi connectivity index (χ2v) is 6.73. The van der Waals surface area contributed by atoms with Crippen molar-refractivity contribution in [3.05, 3.63) is 69.7 Å². The normalized spacial score (nSPS) is 12.0. The molecule has 0 atom stereocenters. The first-order chi connectivity index (χ1) is 14.4. The van der Waals surface area contributed by atoms with Crippen LogP contribution in [0.3, 0.4) is 0 Å². The molecular formula is C17H9Cl2F6N5O. The number of nitrogens with one attached hydrogen (secondary N) is 2. The fourth-order valence-electron chi connectivity index (χ4n) is 2.41. The zero-order valence-corrected chi connectivity index (χ0v) is 16.3. The number of rotatable bonds is 4. The van der Waals surface area contributed by atoms with Gasteiger partial charge < -0.3 is 0 Å². The number of alkyl halides is 6. The summed E-state index contributed by atoms with van der Waals surface area (Å²) in [4.78, 5) is 19.7. The molecule has 0 radical (unpaired) electrons. The topological polar surface area (TPSA) is 71.8 Å². The van der Waals surface area contributed by atoms with Gasteiger partial charge in [0.25, 0.3) is 5.91 Å². The number of hydrogen-bond acceptors (Lipinski definition) is 4. The van der Waals surface area contributed by atoms with E-state index in [9.17, 15) is 31.1 Å². The number of hydrazine groups is 1. The third-order valence-corrected chi connectivity index (χ3v) is 4.43. The molecule has 3 aromatic heterocycles. The summed E-state index contributed by atoms with van der Waals surface area (Å²) in [5.74, 6) is -1.37. The zero-order chi connectivity index (χ0) is 23.0. The molecule has 0 fully saturated rings. The van der Waals surface area contributed by atoms with Gasteiger partial charge in [-0.2, -0.15) is 26.3 Å². The monoisotopic (exact) mass is 483 g/mol. The van der Waals surface area contributed by atoms with Gasteiger partial charge in [-0.1, -0.05) is 23.2 Å². The summed E-state index contributed by atoms with van der Waals surface area (Å²) < 4.78 is 78.3. The second kappa shape index (κ2) is 8.27. The summed E-state index contributed by atoms with van der Waals surface area (Å²) in [6.07, 6.45) is -6.80. The van der Waals surface area contributed by atoms with Crippen LogP contribution in [0.1, 0.15) is 21.6 Å². The number of anilines is 1. The van der Waals surface area contributed by atoms with Gasteiger partial charge in [0, 0.05) is 18.6 Å². The van der Waals surface area contributed by atoms with Crippen LogP contribution in [0, 0.1) is 0 Å². The van der Waals surface area contributed by atoms with Crippen LogP contribution in [-0.2, 0) is 12.4 Å². The molecule has 0 spiro atoms. The van der Waals surface area contributed by atoms with Crippen molar-refractivity contribution in [1.82, 2.24) is 20.0 Å². The average Bonchev–Trinajstić information content (AvgIpc) is 3.15. The van der Waals surface area contributed by atoms with Crippen molar-refractivity contribution in [2.45, 2.75) is 12.4 Å². The molecule has 164 valence electrons. The minimum Gasteiger partial charge on any atom is -0.297 e. The summed E-state index contributed by atoms with van der Waals surface area (Å²) in [6, 6.07) is 3.94. The van der Waals surface area contributed by atoms with Crippen LogP contribution in [-0.4, -0.2) is 20.4 Å². The van der Waals surface area contributed by atoms with Crippen LogP contribution < -0.4 is 10.9 Å². The summed E-state index contributed by atoms with van der Waals surface area (Å²) in [6.45, 7) is 0. The van der Waals surface area contributed by atoms with E-state index < -0.39 is 39.4 Å². The minimum atomic E-state index is -4.74. The van der Waals surface area contributed by atoms with Crippen molar-refractivity contribution >= 4 is 34.9 Å². The van der Waals surface area contributed by atoms with Crippen LogP contribution in [0.4, 0.5) is 32.2 Å². The number of carbonyl (C=O) groups is 1. The quantitative estimate of drug-likeness (QED) is 0.386. The standard InChI is InChI=1S/C17H9Cl2F6N5O/c18-10-4-8(16(20,21)22)6-27-14(10)28-29-15(31)12-2-1-3-30(12)13-5-9(17(23,24)25)11(19)7-26-13/h1-7H,(H,27,28)(H,29,31). The van der Waals surface area contributed by atoms with Crippen molar-refractivity contribution in [1.29, 1.82) is 0 Å². The van der Waals surface area contributed by atoms with Gasteiger partial charge in [-0.3, -0.25) is 20.2 Å². The van der Waals surface area contributed by atoms with Gasteiger partial charge in [0.1, 0.15) is 11.5 Å². The summed E-state index contributed by atoms with van der Waals surface area (Å²) in [5.41, 5.74) is 2.04. The highest BCUT2D eigenvalue weighted by Gasteiger charge is 2.34. The van der Waals surface area contributed by atoms with Gasteiger partial charge in [0.15, 0.2) is 5.82 Å². The van der Waals surface area contributed by atoms with E-state index in [0.29, 0.717) is 18.3 Å². The molecule has 0 aromatic carbocycles. The van der Waals surface area contributed by atoms with Crippen molar-refractivity contribution in [2.24, 2.45) is 0 Å². The molecule has 0 aliphatic heterocycles. The fourth-order valence-corrected chi connectivity index (χ4v) is 2.83. The van der Waals surface area contributed by atoms with E-state index in [1.807, 2.05) is 0 Å². The Bertz CT molecular complexity index is 1130. The van der Waals surface area contributed by atoms with Crippen LogP contribution in [0.25, 0.3) is 5.82 Å². The Morgan fingerprint density at radius 3 is 2.29 bits per heavy atom. The molecule has 0 aliphatic rings.